The number of carbonyl (C=O) groups excluding carboxylic acids is 1. The molecular formula is C10H13NO4S. The molecule has 1 unspecified atom stereocenters. The molecule has 1 atom stereocenters. The average molecular weight is 243 g/mol. The number of methoxy groups -OCH3 is 1. The zero-order valence-electron chi connectivity index (χ0n) is 9.01. The molecule has 0 aliphatic rings. The summed E-state index contributed by atoms with van der Waals surface area (Å²) in [5.74, 6) is -0.803. The van der Waals surface area contributed by atoms with Crippen molar-refractivity contribution < 1.29 is 17.9 Å². The standard InChI is InChI=1S/C10H13NO4S/c1-7(10(12)15-2)8-3-5-9(6-4-8)16(11,13)14/h3-7H,1-2H3,(H2,11,13,14). The number of rotatable bonds is 3. The van der Waals surface area contributed by atoms with Crippen molar-refractivity contribution in [3.05, 3.63) is 29.8 Å². The molecule has 1 aromatic carbocycles. The van der Waals surface area contributed by atoms with Crippen LogP contribution in [0.3, 0.4) is 0 Å². The zero-order valence-corrected chi connectivity index (χ0v) is 9.82. The lowest BCUT2D eigenvalue weighted by atomic mass is 10.0. The fraction of sp³-hybridized carbons (Fsp3) is 0.300. The summed E-state index contributed by atoms with van der Waals surface area (Å²) in [4.78, 5) is 11.3. The van der Waals surface area contributed by atoms with Gasteiger partial charge in [-0.25, -0.2) is 13.6 Å². The molecule has 0 aliphatic heterocycles. The number of primary sulfonamides is 1. The molecule has 16 heavy (non-hydrogen) atoms. The highest BCUT2D eigenvalue weighted by Gasteiger charge is 2.16. The van der Waals surface area contributed by atoms with Crippen LogP contribution < -0.4 is 5.14 Å². The molecule has 0 heterocycles. The van der Waals surface area contributed by atoms with Crippen LogP contribution in [0.1, 0.15) is 18.4 Å². The number of esters is 1. The van der Waals surface area contributed by atoms with Crippen LogP contribution in [0, 0.1) is 0 Å². The molecule has 0 bridgehead atoms. The van der Waals surface area contributed by atoms with Gasteiger partial charge in [0.15, 0.2) is 0 Å². The summed E-state index contributed by atoms with van der Waals surface area (Å²) in [6.07, 6.45) is 0. The van der Waals surface area contributed by atoms with Crippen molar-refractivity contribution in [3.8, 4) is 0 Å². The molecule has 2 N–H and O–H groups in total. The molecule has 1 aromatic rings. The summed E-state index contributed by atoms with van der Waals surface area (Å²) in [5, 5.41) is 4.95. The lowest BCUT2D eigenvalue weighted by Gasteiger charge is -2.09. The molecule has 0 spiro atoms. The van der Waals surface area contributed by atoms with Crippen LogP contribution in [-0.4, -0.2) is 21.5 Å². The molecular weight excluding hydrogens is 230 g/mol. The Kier molecular flexibility index (Phi) is 3.66. The van der Waals surface area contributed by atoms with E-state index in [1.54, 1.807) is 19.1 Å². The molecule has 0 aromatic heterocycles. The van der Waals surface area contributed by atoms with Gasteiger partial charge in [-0.2, -0.15) is 0 Å². The lowest BCUT2D eigenvalue weighted by Crippen LogP contribution is -2.13. The van der Waals surface area contributed by atoms with Gasteiger partial charge in [0.2, 0.25) is 10.0 Å². The zero-order chi connectivity index (χ0) is 12.3. The number of sulfonamides is 1. The molecule has 6 heteroatoms. The highest BCUT2D eigenvalue weighted by molar-refractivity contribution is 7.89. The number of hydrogen-bond donors (Lipinski definition) is 1. The summed E-state index contributed by atoms with van der Waals surface area (Å²) in [6, 6.07) is 5.82. The predicted molar refractivity (Wildman–Crippen MR) is 58.2 cm³/mol. The van der Waals surface area contributed by atoms with Gasteiger partial charge in [0.25, 0.3) is 0 Å². The van der Waals surface area contributed by atoms with Crippen molar-refractivity contribution in [2.75, 3.05) is 7.11 Å². The smallest absolute Gasteiger partial charge is 0.312 e. The van der Waals surface area contributed by atoms with Gasteiger partial charge < -0.3 is 4.74 Å². The molecule has 5 nitrogen and oxygen atoms in total. The Morgan fingerprint density at radius 1 is 1.31 bits per heavy atom. The van der Waals surface area contributed by atoms with E-state index in [4.69, 9.17) is 5.14 Å². The van der Waals surface area contributed by atoms with Crippen molar-refractivity contribution >= 4 is 16.0 Å². The van der Waals surface area contributed by atoms with E-state index in [1.807, 2.05) is 0 Å². The molecule has 0 saturated carbocycles. The van der Waals surface area contributed by atoms with Gasteiger partial charge in [-0.15, -0.1) is 0 Å². The molecule has 0 aliphatic carbocycles. The first kappa shape index (κ1) is 12.7. The van der Waals surface area contributed by atoms with E-state index in [2.05, 4.69) is 4.74 Å². The lowest BCUT2D eigenvalue weighted by molar-refractivity contribution is -0.141. The molecule has 0 saturated heterocycles. The summed E-state index contributed by atoms with van der Waals surface area (Å²) in [7, 11) is -2.38. The van der Waals surface area contributed by atoms with Crippen LogP contribution in [0.2, 0.25) is 0 Å². The number of carbonyl (C=O) groups is 1. The van der Waals surface area contributed by atoms with Gasteiger partial charge in [0.05, 0.1) is 17.9 Å². The number of ether oxygens (including phenoxy) is 1. The van der Waals surface area contributed by atoms with Gasteiger partial charge in [0, 0.05) is 0 Å². The van der Waals surface area contributed by atoms with Gasteiger partial charge in [-0.1, -0.05) is 12.1 Å². The minimum atomic E-state index is -3.69. The van der Waals surface area contributed by atoms with Crippen LogP contribution in [0.4, 0.5) is 0 Å². The molecule has 0 radical (unpaired) electrons. The third-order valence-corrected chi connectivity index (χ3v) is 3.19. The first-order chi connectivity index (χ1) is 7.36. The second-order valence-electron chi connectivity index (χ2n) is 3.36. The molecule has 0 amide bonds. The predicted octanol–water partition coefficient (Wildman–Crippen LogP) is 0.610. The summed E-state index contributed by atoms with van der Waals surface area (Å²) >= 11 is 0. The van der Waals surface area contributed by atoms with Gasteiger partial charge >= 0.3 is 5.97 Å². The van der Waals surface area contributed by atoms with Crippen molar-refractivity contribution in [1.29, 1.82) is 0 Å². The quantitative estimate of drug-likeness (QED) is 0.788. The Morgan fingerprint density at radius 2 is 1.81 bits per heavy atom. The maximum Gasteiger partial charge on any atom is 0.312 e. The second-order valence-corrected chi connectivity index (χ2v) is 4.92. The molecule has 0 fully saturated rings. The minimum absolute atomic E-state index is 0.0216. The fourth-order valence-corrected chi connectivity index (χ4v) is 1.77. The SMILES string of the molecule is COC(=O)C(C)c1ccc(S(N)(=O)=O)cc1. The van der Waals surface area contributed by atoms with E-state index in [-0.39, 0.29) is 10.9 Å². The van der Waals surface area contributed by atoms with E-state index < -0.39 is 15.9 Å². The second kappa shape index (κ2) is 4.63. The van der Waals surface area contributed by atoms with E-state index in [1.165, 1.54) is 19.2 Å². The Balaban J connectivity index is 3.00. The summed E-state index contributed by atoms with van der Waals surface area (Å²) < 4.78 is 26.6. The Hall–Kier alpha value is -1.40. The Bertz CT molecular complexity index is 478. The minimum Gasteiger partial charge on any atom is -0.469 e. The Labute approximate surface area is 94.3 Å². The van der Waals surface area contributed by atoms with Crippen molar-refractivity contribution in [1.82, 2.24) is 0 Å². The molecule has 1 rings (SSSR count). The van der Waals surface area contributed by atoms with Gasteiger partial charge in [0.1, 0.15) is 0 Å². The Morgan fingerprint density at radius 3 is 2.19 bits per heavy atom. The van der Waals surface area contributed by atoms with Crippen molar-refractivity contribution in [3.63, 3.8) is 0 Å². The maximum absolute atomic E-state index is 11.2. The van der Waals surface area contributed by atoms with Crippen LogP contribution in [0.15, 0.2) is 29.2 Å². The van der Waals surface area contributed by atoms with Crippen molar-refractivity contribution in [2.24, 2.45) is 5.14 Å². The fourth-order valence-electron chi connectivity index (χ4n) is 1.26. The maximum atomic E-state index is 11.2. The first-order valence-electron chi connectivity index (χ1n) is 4.57. The van der Waals surface area contributed by atoms with Crippen LogP contribution in [0.25, 0.3) is 0 Å². The number of benzene rings is 1. The van der Waals surface area contributed by atoms with Crippen LogP contribution in [-0.2, 0) is 19.6 Å². The van der Waals surface area contributed by atoms with Gasteiger partial charge in [-0.3, -0.25) is 4.79 Å². The van der Waals surface area contributed by atoms with E-state index in [0.29, 0.717) is 5.56 Å². The van der Waals surface area contributed by atoms with E-state index in [0.717, 1.165) is 0 Å². The highest BCUT2D eigenvalue weighted by Crippen LogP contribution is 2.18. The van der Waals surface area contributed by atoms with E-state index in [9.17, 15) is 13.2 Å². The number of nitrogens with two attached hydrogens (primary N) is 1. The third kappa shape index (κ3) is 2.80. The summed E-state index contributed by atoms with van der Waals surface area (Å²) in [5.41, 5.74) is 0.680. The third-order valence-electron chi connectivity index (χ3n) is 2.26. The highest BCUT2D eigenvalue weighted by atomic mass is 32.2. The van der Waals surface area contributed by atoms with Gasteiger partial charge in [-0.05, 0) is 24.6 Å². The molecule has 88 valence electrons. The number of hydrogen-bond acceptors (Lipinski definition) is 4. The van der Waals surface area contributed by atoms with Crippen molar-refractivity contribution in [2.45, 2.75) is 17.7 Å². The van der Waals surface area contributed by atoms with Crippen LogP contribution >= 0.6 is 0 Å². The van der Waals surface area contributed by atoms with E-state index >= 15 is 0 Å². The van der Waals surface area contributed by atoms with Crippen LogP contribution in [0.5, 0.6) is 0 Å². The largest absolute Gasteiger partial charge is 0.469 e. The summed E-state index contributed by atoms with van der Waals surface area (Å²) in [6.45, 7) is 1.68. The normalized spacial score (nSPS) is 13.2. The monoisotopic (exact) mass is 243 g/mol. The average Bonchev–Trinajstić information content (AvgIpc) is 2.26. The topological polar surface area (TPSA) is 86.5 Å². The first-order valence-corrected chi connectivity index (χ1v) is 6.11.